The van der Waals surface area contributed by atoms with Crippen molar-refractivity contribution in [3.8, 4) is 11.5 Å². The van der Waals surface area contributed by atoms with Crippen molar-refractivity contribution in [1.82, 2.24) is 19.6 Å². The van der Waals surface area contributed by atoms with E-state index >= 15 is 0 Å². The summed E-state index contributed by atoms with van der Waals surface area (Å²) in [7, 11) is 0. The molecule has 0 radical (unpaired) electrons. The number of benzene rings is 2. The molecule has 0 spiro atoms. The van der Waals surface area contributed by atoms with Crippen LogP contribution >= 0.6 is 11.8 Å². The average Bonchev–Trinajstić information content (AvgIpc) is 3.39. The predicted octanol–water partition coefficient (Wildman–Crippen LogP) is 3.86. The van der Waals surface area contributed by atoms with E-state index < -0.39 is 0 Å². The lowest BCUT2D eigenvalue weighted by atomic mass is 10.2. The van der Waals surface area contributed by atoms with E-state index in [0.717, 1.165) is 16.9 Å². The highest BCUT2D eigenvalue weighted by Crippen LogP contribution is 2.34. The summed E-state index contributed by atoms with van der Waals surface area (Å²) in [6.45, 7) is 4.36. The molecule has 0 bridgehead atoms. The molecule has 2 aromatic carbocycles. The van der Waals surface area contributed by atoms with Crippen molar-refractivity contribution in [3.63, 3.8) is 0 Å². The summed E-state index contributed by atoms with van der Waals surface area (Å²) in [6, 6.07) is 13.2. The topological polar surface area (TPSA) is 90.6 Å². The first-order valence-corrected chi connectivity index (χ1v) is 10.5. The van der Waals surface area contributed by atoms with Gasteiger partial charge in [-0.1, -0.05) is 37.7 Å². The zero-order valence-corrected chi connectivity index (χ0v) is 17.3. The zero-order valence-electron chi connectivity index (χ0n) is 16.5. The van der Waals surface area contributed by atoms with Crippen molar-refractivity contribution in [2.24, 2.45) is 0 Å². The van der Waals surface area contributed by atoms with Crippen LogP contribution in [-0.4, -0.2) is 38.0 Å². The predicted molar refractivity (Wildman–Crippen MR) is 114 cm³/mol. The molecule has 1 aliphatic rings. The first kappa shape index (κ1) is 18.7. The van der Waals surface area contributed by atoms with Crippen LogP contribution in [0.25, 0.3) is 16.7 Å². The molecule has 0 saturated carbocycles. The molecule has 1 amide bonds. The molecular weight excluding hydrogens is 402 g/mol. The van der Waals surface area contributed by atoms with Crippen LogP contribution in [0, 0.1) is 0 Å². The standard InChI is InChI=1S/C21H19N5O3S/c1-12(2)19-24-25-20-21(23-14-5-3-4-6-15(14)26(19)20)30-10-18(27)22-13-7-8-16-17(9-13)29-11-28-16/h3-9,12H,10-11H2,1-2H3,(H,22,27). The molecule has 1 aliphatic heterocycles. The number of anilines is 1. The number of carbonyl (C=O) groups excluding carboxylic acids is 1. The van der Waals surface area contributed by atoms with Gasteiger partial charge in [-0.2, -0.15) is 0 Å². The molecule has 0 unspecified atom stereocenters. The number of hydrogen-bond acceptors (Lipinski definition) is 7. The Morgan fingerprint density at radius 2 is 2.00 bits per heavy atom. The molecule has 2 aromatic heterocycles. The van der Waals surface area contributed by atoms with E-state index in [1.165, 1.54) is 11.8 Å². The summed E-state index contributed by atoms with van der Waals surface area (Å²) in [6.07, 6.45) is 0. The number of rotatable bonds is 5. The fourth-order valence-electron chi connectivity index (χ4n) is 3.36. The summed E-state index contributed by atoms with van der Waals surface area (Å²) in [5.74, 6) is 2.43. The van der Waals surface area contributed by atoms with Crippen LogP contribution in [0.4, 0.5) is 5.69 Å². The Labute approximate surface area is 176 Å². The van der Waals surface area contributed by atoms with Gasteiger partial charge in [0.1, 0.15) is 10.9 Å². The number of hydrogen-bond donors (Lipinski definition) is 1. The fourth-order valence-corrected chi connectivity index (χ4v) is 4.12. The van der Waals surface area contributed by atoms with Crippen LogP contribution in [-0.2, 0) is 4.79 Å². The zero-order chi connectivity index (χ0) is 20.7. The molecule has 152 valence electrons. The molecule has 3 heterocycles. The van der Waals surface area contributed by atoms with E-state index in [-0.39, 0.29) is 24.4 Å². The largest absolute Gasteiger partial charge is 0.454 e. The maximum atomic E-state index is 12.5. The van der Waals surface area contributed by atoms with Crippen LogP contribution in [0.5, 0.6) is 11.5 Å². The molecule has 5 rings (SSSR count). The number of fused-ring (bicyclic) bond motifs is 4. The van der Waals surface area contributed by atoms with E-state index in [1.807, 2.05) is 28.7 Å². The van der Waals surface area contributed by atoms with Gasteiger partial charge in [-0.25, -0.2) is 4.98 Å². The Hall–Kier alpha value is -3.33. The Bertz CT molecular complexity index is 1270. The number of aromatic nitrogens is 4. The van der Waals surface area contributed by atoms with Gasteiger partial charge in [0.25, 0.3) is 0 Å². The van der Waals surface area contributed by atoms with Crippen molar-refractivity contribution in [2.45, 2.75) is 24.8 Å². The second-order valence-corrected chi connectivity index (χ2v) is 8.15. The van der Waals surface area contributed by atoms with Gasteiger partial charge in [-0.3, -0.25) is 9.20 Å². The highest BCUT2D eigenvalue weighted by Gasteiger charge is 2.18. The summed E-state index contributed by atoms with van der Waals surface area (Å²) >= 11 is 1.34. The van der Waals surface area contributed by atoms with Gasteiger partial charge in [0.05, 0.1) is 16.8 Å². The van der Waals surface area contributed by atoms with Crippen LogP contribution in [0.1, 0.15) is 25.6 Å². The minimum atomic E-state index is -0.143. The van der Waals surface area contributed by atoms with Gasteiger partial charge in [0.15, 0.2) is 17.1 Å². The monoisotopic (exact) mass is 421 g/mol. The first-order valence-electron chi connectivity index (χ1n) is 9.56. The van der Waals surface area contributed by atoms with E-state index in [0.29, 0.717) is 27.9 Å². The van der Waals surface area contributed by atoms with Gasteiger partial charge in [-0.15, -0.1) is 10.2 Å². The molecule has 0 fully saturated rings. The highest BCUT2D eigenvalue weighted by atomic mass is 32.2. The summed E-state index contributed by atoms with van der Waals surface area (Å²) < 4.78 is 12.7. The molecule has 1 N–H and O–H groups in total. The number of nitrogens with one attached hydrogen (secondary N) is 1. The van der Waals surface area contributed by atoms with E-state index in [4.69, 9.17) is 14.5 Å². The smallest absolute Gasteiger partial charge is 0.234 e. The lowest BCUT2D eigenvalue weighted by molar-refractivity contribution is -0.113. The summed E-state index contributed by atoms with van der Waals surface area (Å²) in [5.41, 5.74) is 3.12. The number of ether oxygens (including phenoxy) is 2. The first-order chi connectivity index (χ1) is 14.6. The molecular formula is C21H19N5O3S. The summed E-state index contributed by atoms with van der Waals surface area (Å²) in [4.78, 5) is 17.2. The SMILES string of the molecule is CC(C)c1nnc2c(SCC(=O)Nc3ccc4c(c3)OCO4)nc3ccccc3n12. The maximum Gasteiger partial charge on any atom is 0.234 e. The van der Waals surface area contributed by atoms with Gasteiger partial charge < -0.3 is 14.8 Å². The Balaban J connectivity index is 1.40. The minimum absolute atomic E-state index is 0.143. The quantitative estimate of drug-likeness (QED) is 0.489. The molecule has 9 heteroatoms. The van der Waals surface area contributed by atoms with Crippen LogP contribution in [0.15, 0.2) is 47.5 Å². The summed E-state index contributed by atoms with van der Waals surface area (Å²) in [5, 5.41) is 12.3. The molecule has 0 aliphatic carbocycles. The number of thioether (sulfide) groups is 1. The number of carbonyl (C=O) groups is 1. The van der Waals surface area contributed by atoms with Gasteiger partial charge >= 0.3 is 0 Å². The van der Waals surface area contributed by atoms with Crippen LogP contribution in [0.3, 0.4) is 0 Å². The molecule has 4 aromatic rings. The van der Waals surface area contributed by atoms with Crippen molar-refractivity contribution >= 4 is 40.0 Å². The lowest BCUT2D eigenvalue weighted by Gasteiger charge is -2.10. The fraction of sp³-hybridized carbons (Fsp3) is 0.238. The van der Waals surface area contributed by atoms with Crippen molar-refractivity contribution in [2.75, 3.05) is 17.9 Å². The Morgan fingerprint density at radius 3 is 2.87 bits per heavy atom. The van der Waals surface area contributed by atoms with Crippen LogP contribution in [0.2, 0.25) is 0 Å². The van der Waals surface area contributed by atoms with Gasteiger partial charge in [0.2, 0.25) is 12.7 Å². The Morgan fingerprint density at radius 1 is 1.17 bits per heavy atom. The number of nitrogens with zero attached hydrogens (tertiary/aromatic N) is 4. The van der Waals surface area contributed by atoms with Crippen molar-refractivity contribution in [3.05, 3.63) is 48.3 Å². The van der Waals surface area contributed by atoms with Gasteiger partial charge in [-0.05, 0) is 24.3 Å². The van der Waals surface area contributed by atoms with Crippen molar-refractivity contribution in [1.29, 1.82) is 0 Å². The van der Waals surface area contributed by atoms with Crippen molar-refractivity contribution < 1.29 is 14.3 Å². The minimum Gasteiger partial charge on any atom is -0.454 e. The molecule has 8 nitrogen and oxygen atoms in total. The highest BCUT2D eigenvalue weighted by molar-refractivity contribution is 8.00. The third-order valence-corrected chi connectivity index (χ3v) is 5.69. The number of amides is 1. The third kappa shape index (κ3) is 3.30. The maximum absolute atomic E-state index is 12.5. The number of para-hydroxylation sites is 2. The van der Waals surface area contributed by atoms with E-state index in [9.17, 15) is 4.79 Å². The normalized spacial score (nSPS) is 12.8. The molecule has 0 saturated heterocycles. The molecule has 0 atom stereocenters. The lowest BCUT2D eigenvalue weighted by Crippen LogP contribution is -2.14. The second kappa shape index (κ2) is 7.49. The molecule has 30 heavy (non-hydrogen) atoms. The van der Waals surface area contributed by atoms with E-state index in [2.05, 4.69) is 29.4 Å². The van der Waals surface area contributed by atoms with E-state index in [1.54, 1.807) is 18.2 Å². The Kier molecular flexibility index (Phi) is 4.66. The van der Waals surface area contributed by atoms with Gasteiger partial charge in [0, 0.05) is 17.7 Å². The second-order valence-electron chi connectivity index (χ2n) is 7.18. The van der Waals surface area contributed by atoms with Crippen LogP contribution < -0.4 is 14.8 Å². The average molecular weight is 421 g/mol. The third-order valence-electron chi connectivity index (χ3n) is 4.74.